The van der Waals surface area contributed by atoms with Crippen LogP contribution in [-0.2, 0) is 4.74 Å². The maximum Gasteiger partial charge on any atom is 0.332 e. The molecule has 1 N–H and O–H groups in total. The monoisotopic (exact) mass is 479 g/mol. The summed E-state index contributed by atoms with van der Waals surface area (Å²) < 4.78 is 5.11. The number of nitrogens with one attached hydrogen (secondary N) is 1. The Labute approximate surface area is 195 Å². The van der Waals surface area contributed by atoms with Gasteiger partial charge in [-0.3, -0.25) is 0 Å². The first kappa shape index (κ1) is 23.1. The zero-order valence-electron chi connectivity index (χ0n) is 16.8. The standard InChI is InChI=1S/C21H20Cl3N5O2/c1-28(10-11-31-2)20-25-9-8-19(27-20)29(14-6-4-3-5-7-14)21(30)26-18-13-16(23)15(22)12-17(18)24/h3-9,12-13H,10-11H2,1-2H3,(H,26,30). The second-order valence-corrected chi connectivity index (χ2v) is 7.70. The van der Waals surface area contributed by atoms with Crippen LogP contribution in [0.4, 0.5) is 27.9 Å². The Bertz CT molecular complexity index is 1050. The molecular weight excluding hydrogens is 461 g/mol. The number of aromatic nitrogens is 2. The average molecular weight is 481 g/mol. The zero-order valence-corrected chi connectivity index (χ0v) is 19.1. The molecule has 162 valence electrons. The quantitative estimate of drug-likeness (QED) is 0.427. The number of carbonyl (C=O) groups excluding carboxylic acids is 1. The van der Waals surface area contributed by atoms with Crippen molar-refractivity contribution in [3.63, 3.8) is 0 Å². The van der Waals surface area contributed by atoms with Crippen molar-refractivity contribution < 1.29 is 9.53 Å². The molecule has 1 aromatic heterocycles. The van der Waals surface area contributed by atoms with Crippen molar-refractivity contribution in [2.75, 3.05) is 42.4 Å². The third-order valence-corrected chi connectivity index (χ3v) is 5.33. The number of amides is 2. The molecule has 0 radical (unpaired) electrons. The Morgan fingerprint density at radius 2 is 1.77 bits per heavy atom. The second kappa shape index (κ2) is 10.6. The van der Waals surface area contributed by atoms with Crippen molar-refractivity contribution in [2.24, 2.45) is 0 Å². The molecule has 0 saturated carbocycles. The topological polar surface area (TPSA) is 70.6 Å². The van der Waals surface area contributed by atoms with Gasteiger partial charge in [-0.15, -0.1) is 0 Å². The Hall–Kier alpha value is -2.58. The van der Waals surface area contributed by atoms with Gasteiger partial charge in [-0.2, -0.15) is 4.98 Å². The minimum Gasteiger partial charge on any atom is -0.383 e. The maximum absolute atomic E-state index is 13.3. The van der Waals surface area contributed by atoms with E-state index in [-0.39, 0.29) is 10.0 Å². The molecule has 0 aliphatic carbocycles. The molecule has 31 heavy (non-hydrogen) atoms. The summed E-state index contributed by atoms with van der Waals surface area (Å²) in [6, 6.07) is 13.3. The van der Waals surface area contributed by atoms with Crippen LogP contribution in [0.2, 0.25) is 15.1 Å². The Morgan fingerprint density at radius 1 is 1.06 bits per heavy atom. The van der Waals surface area contributed by atoms with Gasteiger partial charge in [0, 0.05) is 33.0 Å². The highest BCUT2D eigenvalue weighted by atomic mass is 35.5. The molecule has 0 atom stereocenters. The number of anilines is 4. The number of rotatable bonds is 7. The lowest BCUT2D eigenvalue weighted by Crippen LogP contribution is -2.32. The fraction of sp³-hybridized carbons (Fsp3) is 0.190. The first-order valence-corrected chi connectivity index (χ1v) is 10.4. The fourth-order valence-corrected chi connectivity index (χ4v) is 3.29. The van der Waals surface area contributed by atoms with Gasteiger partial charge in [0.15, 0.2) is 0 Å². The van der Waals surface area contributed by atoms with Crippen molar-refractivity contribution in [3.8, 4) is 0 Å². The van der Waals surface area contributed by atoms with Gasteiger partial charge in [-0.1, -0.05) is 53.0 Å². The lowest BCUT2D eigenvalue weighted by Gasteiger charge is -2.24. The van der Waals surface area contributed by atoms with Gasteiger partial charge in [0.25, 0.3) is 0 Å². The van der Waals surface area contributed by atoms with E-state index in [1.54, 1.807) is 31.5 Å². The van der Waals surface area contributed by atoms with Crippen LogP contribution in [-0.4, -0.2) is 43.3 Å². The van der Waals surface area contributed by atoms with Crippen molar-refractivity contribution in [1.29, 1.82) is 0 Å². The van der Waals surface area contributed by atoms with Crippen LogP contribution in [0.25, 0.3) is 0 Å². The van der Waals surface area contributed by atoms with E-state index in [2.05, 4.69) is 15.3 Å². The van der Waals surface area contributed by atoms with Crippen LogP contribution >= 0.6 is 34.8 Å². The van der Waals surface area contributed by atoms with Crippen LogP contribution in [0.5, 0.6) is 0 Å². The molecule has 1 heterocycles. The molecule has 0 unspecified atom stereocenters. The van der Waals surface area contributed by atoms with Gasteiger partial charge in [-0.05, 0) is 24.3 Å². The van der Waals surface area contributed by atoms with Crippen molar-refractivity contribution >= 4 is 64.0 Å². The number of nitrogens with zero attached hydrogens (tertiary/aromatic N) is 4. The third kappa shape index (κ3) is 5.77. The number of benzene rings is 2. The number of carbonyl (C=O) groups is 1. The number of hydrogen-bond donors (Lipinski definition) is 1. The largest absolute Gasteiger partial charge is 0.383 e. The Kier molecular flexibility index (Phi) is 7.92. The number of urea groups is 1. The number of ether oxygens (including phenoxy) is 1. The maximum atomic E-state index is 13.3. The lowest BCUT2D eigenvalue weighted by atomic mass is 10.3. The van der Waals surface area contributed by atoms with Crippen molar-refractivity contribution in [3.05, 3.63) is 69.8 Å². The van der Waals surface area contributed by atoms with E-state index in [0.29, 0.717) is 41.3 Å². The van der Waals surface area contributed by atoms with Crippen LogP contribution in [0.3, 0.4) is 0 Å². The molecule has 0 spiro atoms. The van der Waals surface area contributed by atoms with Gasteiger partial charge >= 0.3 is 6.03 Å². The molecule has 0 aliphatic heterocycles. The molecule has 2 aromatic carbocycles. The minimum atomic E-state index is -0.476. The van der Waals surface area contributed by atoms with E-state index in [4.69, 9.17) is 39.5 Å². The van der Waals surface area contributed by atoms with E-state index in [9.17, 15) is 4.79 Å². The summed E-state index contributed by atoms with van der Waals surface area (Å²) in [6.45, 7) is 1.11. The summed E-state index contributed by atoms with van der Waals surface area (Å²) in [6.07, 6.45) is 1.59. The summed E-state index contributed by atoms with van der Waals surface area (Å²) in [7, 11) is 3.47. The minimum absolute atomic E-state index is 0.262. The molecule has 0 fully saturated rings. The van der Waals surface area contributed by atoms with E-state index in [1.807, 2.05) is 30.1 Å². The van der Waals surface area contributed by atoms with Gasteiger partial charge in [0.05, 0.1) is 33.0 Å². The van der Waals surface area contributed by atoms with Crippen LogP contribution in [0.15, 0.2) is 54.7 Å². The first-order valence-electron chi connectivity index (χ1n) is 9.24. The summed E-state index contributed by atoms with van der Waals surface area (Å²) in [5.74, 6) is 0.838. The van der Waals surface area contributed by atoms with E-state index in [1.165, 1.54) is 17.0 Å². The smallest absolute Gasteiger partial charge is 0.332 e. The zero-order chi connectivity index (χ0) is 22.4. The highest BCUT2D eigenvalue weighted by molar-refractivity contribution is 6.44. The van der Waals surface area contributed by atoms with E-state index < -0.39 is 6.03 Å². The van der Waals surface area contributed by atoms with Crippen LogP contribution in [0, 0.1) is 0 Å². The molecule has 0 bridgehead atoms. The summed E-state index contributed by atoms with van der Waals surface area (Å²) >= 11 is 18.3. The molecule has 0 saturated heterocycles. The molecule has 7 nitrogen and oxygen atoms in total. The summed E-state index contributed by atoms with van der Waals surface area (Å²) in [5, 5.41) is 3.61. The SMILES string of the molecule is COCCN(C)c1nccc(N(C(=O)Nc2cc(Cl)c(Cl)cc2Cl)c2ccccc2)n1. The van der Waals surface area contributed by atoms with E-state index in [0.717, 1.165) is 0 Å². The van der Waals surface area contributed by atoms with Gasteiger partial charge in [0.2, 0.25) is 5.95 Å². The van der Waals surface area contributed by atoms with Crippen LogP contribution in [0.1, 0.15) is 0 Å². The Morgan fingerprint density at radius 3 is 2.48 bits per heavy atom. The normalized spacial score (nSPS) is 10.6. The van der Waals surface area contributed by atoms with Gasteiger partial charge < -0.3 is 15.0 Å². The predicted molar refractivity (Wildman–Crippen MR) is 126 cm³/mol. The molecule has 0 aliphatic rings. The molecule has 3 rings (SSSR count). The predicted octanol–water partition coefficient (Wildman–Crippen LogP) is 5.89. The highest BCUT2D eigenvalue weighted by Gasteiger charge is 2.22. The third-order valence-electron chi connectivity index (χ3n) is 4.30. The van der Waals surface area contributed by atoms with E-state index >= 15 is 0 Å². The Balaban J connectivity index is 1.97. The molecular formula is C21H20Cl3N5O2. The lowest BCUT2D eigenvalue weighted by molar-refractivity contribution is 0.206. The first-order chi connectivity index (χ1) is 14.9. The fourth-order valence-electron chi connectivity index (χ4n) is 2.70. The highest BCUT2D eigenvalue weighted by Crippen LogP contribution is 2.33. The summed E-state index contributed by atoms with van der Waals surface area (Å²) in [4.78, 5) is 25.4. The molecule has 2 amide bonds. The number of para-hydroxylation sites is 1. The number of halogens is 3. The number of hydrogen-bond acceptors (Lipinski definition) is 5. The second-order valence-electron chi connectivity index (χ2n) is 6.48. The van der Waals surface area contributed by atoms with Crippen molar-refractivity contribution in [1.82, 2.24) is 9.97 Å². The summed E-state index contributed by atoms with van der Waals surface area (Å²) in [5.41, 5.74) is 0.939. The van der Waals surface area contributed by atoms with Gasteiger partial charge in [0.1, 0.15) is 5.82 Å². The number of methoxy groups -OCH3 is 1. The van der Waals surface area contributed by atoms with Crippen molar-refractivity contribution in [2.45, 2.75) is 0 Å². The van der Waals surface area contributed by atoms with Crippen LogP contribution < -0.4 is 15.1 Å². The average Bonchev–Trinajstić information content (AvgIpc) is 2.77. The number of likely N-dealkylation sites (N-methyl/N-ethyl adjacent to an activating group) is 1. The molecule has 10 heteroatoms. The molecule has 3 aromatic rings. The van der Waals surface area contributed by atoms with Gasteiger partial charge in [-0.25, -0.2) is 14.7 Å².